The average molecular weight is 428 g/mol. The zero-order chi connectivity index (χ0) is 21.1. The van der Waals surface area contributed by atoms with Gasteiger partial charge >= 0.3 is 0 Å². The van der Waals surface area contributed by atoms with Gasteiger partial charge in [0.05, 0.1) is 10.9 Å². The van der Waals surface area contributed by atoms with E-state index in [4.69, 9.17) is 4.74 Å². The minimum atomic E-state index is -3.44. The van der Waals surface area contributed by atoms with Crippen molar-refractivity contribution in [3.8, 4) is 22.8 Å². The molecular formula is C22H21FN2O4S. The molecule has 0 radical (unpaired) electrons. The van der Waals surface area contributed by atoms with Crippen LogP contribution in [0.4, 0.5) is 10.2 Å². The molecule has 6 nitrogen and oxygen atoms in total. The first kappa shape index (κ1) is 20.3. The molecule has 0 unspecified atom stereocenters. The number of aromatic nitrogens is 1. The number of nitrogens with one attached hydrogen (secondary N) is 1. The van der Waals surface area contributed by atoms with E-state index in [1.165, 1.54) is 12.1 Å². The number of halogens is 1. The second-order valence-corrected chi connectivity index (χ2v) is 9.11. The molecule has 30 heavy (non-hydrogen) atoms. The molecule has 0 saturated heterocycles. The third-order valence-corrected chi connectivity index (χ3v) is 6.54. The molecule has 1 saturated carbocycles. The lowest BCUT2D eigenvalue weighted by Crippen LogP contribution is -2.18. The van der Waals surface area contributed by atoms with Gasteiger partial charge in [-0.1, -0.05) is 0 Å². The minimum absolute atomic E-state index is 0.0529. The lowest BCUT2D eigenvalue weighted by molar-refractivity contribution is 0.299. The summed E-state index contributed by atoms with van der Waals surface area (Å²) >= 11 is 0. The monoisotopic (exact) mass is 428 g/mol. The lowest BCUT2D eigenvalue weighted by Gasteiger charge is -2.11. The second kappa shape index (κ2) is 8.41. The van der Waals surface area contributed by atoms with Crippen molar-refractivity contribution in [1.82, 2.24) is 4.98 Å². The molecule has 0 spiro atoms. The van der Waals surface area contributed by atoms with Gasteiger partial charge in [0, 0.05) is 12.2 Å². The summed E-state index contributed by atoms with van der Waals surface area (Å²) in [5, 5.41) is 8.94. The van der Waals surface area contributed by atoms with Crippen LogP contribution in [0.5, 0.6) is 11.5 Å². The fraction of sp³-hybridized carbons (Fsp3) is 0.227. The van der Waals surface area contributed by atoms with E-state index in [9.17, 15) is 17.9 Å². The Hall–Kier alpha value is -2.97. The second-order valence-electron chi connectivity index (χ2n) is 7.15. The smallest absolute Gasteiger partial charge is 0.236 e. The van der Waals surface area contributed by atoms with Crippen LogP contribution < -0.4 is 9.46 Å². The standard InChI is InChI=1S/C22H21FN2O4S/c23-17-3-7-19(8-4-17)29-18-5-1-16(2-6-18)21-13-15(11-12-26)14-22(24-21)25-30(27,28)20-9-10-20/h1-8,13-14,20,26H,9-12H2,(H,24,25). The van der Waals surface area contributed by atoms with Gasteiger partial charge in [0.1, 0.15) is 23.1 Å². The quantitative estimate of drug-likeness (QED) is 0.564. The maximum atomic E-state index is 13.0. The fourth-order valence-corrected chi connectivity index (χ4v) is 4.32. The van der Waals surface area contributed by atoms with Crippen LogP contribution in [0.3, 0.4) is 0 Å². The van der Waals surface area contributed by atoms with Crippen LogP contribution in [0.1, 0.15) is 18.4 Å². The zero-order valence-electron chi connectivity index (χ0n) is 16.1. The van der Waals surface area contributed by atoms with Crippen molar-refractivity contribution in [2.75, 3.05) is 11.3 Å². The summed E-state index contributed by atoms with van der Waals surface area (Å²) in [4.78, 5) is 4.45. The molecule has 3 aromatic rings. The van der Waals surface area contributed by atoms with Crippen LogP contribution in [-0.4, -0.2) is 30.4 Å². The molecule has 0 bridgehead atoms. The van der Waals surface area contributed by atoms with Crippen molar-refractivity contribution in [2.45, 2.75) is 24.5 Å². The molecule has 1 fully saturated rings. The predicted molar refractivity (Wildman–Crippen MR) is 113 cm³/mol. The number of aliphatic hydroxyl groups excluding tert-OH is 1. The Labute approximate surface area is 174 Å². The molecule has 1 aliphatic rings. The van der Waals surface area contributed by atoms with E-state index in [0.29, 0.717) is 36.5 Å². The van der Waals surface area contributed by atoms with Crippen LogP contribution in [-0.2, 0) is 16.4 Å². The van der Waals surface area contributed by atoms with Crippen LogP contribution in [0.2, 0.25) is 0 Å². The van der Waals surface area contributed by atoms with Crippen molar-refractivity contribution in [2.24, 2.45) is 0 Å². The highest BCUT2D eigenvalue weighted by Gasteiger charge is 2.36. The molecule has 1 aliphatic carbocycles. The van der Waals surface area contributed by atoms with Crippen LogP contribution in [0, 0.1) is 5.82 Å². The van der Waals surface area contributed by atoms with Crippen LogP contribution in [0.25, 0.3) is 11.3 Å². The third kappa shape index (κ3) is 4.95. The van der Waals surface area contributed by atoms with Crippen molar-refractivity contribution in [3.63, 3.8) is 0 Å². The highest BCUT2D eigenvalue weighted by Crippen LogP contribution is 2.31. The van der Waals surface area contributed by atoms with E-state index in [1.54, 1.807) is 30.3 Å². The van der Waals surface area contributed by atoms with E-state index < -0.39 is 10.0 Å². The van der Waals surface area contributed by atoms with Gasteiger partial charge in [-0.25, -0.2) is 17.8 Å². The first-order valence-corrected chi connectivity index (χ1v) is 11.1. The number of pyridine rings is 1. The molecule has 8 heteroatoms. The maximum absolute atomic E-state index is 13.0. The van der Waals surface area contributed by atoms with Crippen molar-refractivity contribution in [1.29, 1.82) is 0 Å². The Morgan fingerprint density at radius 1 is 1.03 bits per heavy atom. The molecule has 2 N–H and O–H groups in total. The Morgan fingerprint density at radius 3 is 2.27 bits per heavy atom. The number of hydrogen-bond donors (Lipinski definition) is 2. The van der Waals surface area contributed by atoms with Crippen molar-refractivity contribution in [3.05, 3.63) is 72.0 Å². The number of rotatable bonds is 8. The van der Waals surface area contributed by atoms with E-state index in [0.717, 1.165) is 11.1 Å². The Balaban J connectivity index is 1.57. The van der Waals surface area contributed by atoms with E-state index in [1.807, 2.05) is 18.2 Å². The number of anilines is 1. The van der Waals surface area contributed by atoms with Crippen molar-refractivity contribution < 1.29 is 22.7 Å². The minimum Gasteiger partial charge on any atom is -0.457 e. The number of sulfonamides is 1. The summed E-state index contributed by atoms with van der Waals surface area (Å²) in [6.45, 7) is -0.0529. The van der Waals surface area contributed by atoms with Gasteiger partial charge in [-0.05, 0) is 85.5 Å². The Morgan fingerprint density at radius 2 is 1.67 bits per heavy atom. The summed E-state index contributed by atoms with van der Waals surface area (Å²) in [7, 11) is -3.44. The van der Waals surface area contributed by atoms with Gasteiger partial charge in [0.15, 0.2) is 0 Å². The van der Waals surface area contributed by atoms with E-state index in [-0.39, 0.29) is 23.5 Å². The Bertz CT molecular complexity index is 1130. The predicted octanol–water partition coefficient (Wildman–Crippen LogP) is 4.12. The number of hydrogen-bond acceptors (Lipinski definition) is 5. The fourth-order valence-electron chi connectivity index (χ4n) is 3.00. The van der Waals surface area contributed by atoms with Gasteiger partial charge < -0.3 is 9.84 Å². The molecule has 1 heterocycles. The molecule has 2 aromatic carbocycles. The third-order valence-electron chi connectivity index (χ3n) is 4.70. The molecule has 4 rings (SSSR count). The molecule has 156 valence electrons. The molecule has 0 amide bonds. The number of aliphatic hydroxyl groups is 1. The molecular weight excluding hydrogens is 407 g/mol. The summed E-state index contributed by atoms with van der Waals surface area (Å²) < 4.78 is 45.8. The highest BCUT2D eigenvalue weighted by molar-refractivity contribution is 7.93. The maximum Gasteiger partial charge on any atom is 0.236 e. The average Bonchev–Trinajstić information content (AvgIpc) is 3.56. The van der Waals surface area contributed by atoms with Crippen molar-refractivity contribution >= 4 is 15.8 Å². The molecule has 0 aliphatic heterocycles. The highest BCUT2D eigenvalue weighted by atomic mass is 32.2. The Kier molecular flexibility index (Phi) is 5.69. The van der Waals surface area contributed by atoms with Gasteiger partial charge in [0.2, 0.25) is 10.0 Å². The number of nitrogens with zero attached hydrogens (tertiary/aromatic N) is 1. The SMILES string of the molecule is O=S(=O)(Nc1cc(CCO)cc(-c2ccc(Oc3ccc(F)cc3)cc2)n1)C1CC1. The zero-order valence-corrected chi connectivity index (χ0v) is 16.9. The van der Waals surface area contributed by atoms with Gasteiger partial charge in [0.25, 0.3) is 0 Å². The van der Waals surface area contributed by atoms with Gasteiger partial charge in [-0.3, -0.25) is 4.72 Å². The summed E-state index contributed by atoms with van der Waals surface area (Å²) in [6, 6.07) is 16.3. The first-order valence-electron chi connectivity index (χ1n) is 9.60. The largest absolute Gasteiger partial charge is 0.457 e. The number of benzene rings is 2. The van der Waals surface area contributed by atoms with E-state index >= 15 is 0 Å². The molecule has 1 aromatic heterocycles. The lowest BCUT2D eigenvalue weighted by atomic mass is 10.1. The van der Waals surface area contributed by atoms with Crippen LogP contribution in [0.15, 0.2) is 60.7 Å². The summed E-state index contributed by atoms with van der Waals surface area (Å²) in [6.07, 6.45) is 1.71. The topological polar surface area (TPSA) is 88.5 Å². The van der Waals surface area contributed by atoms with Gasteiger partial charge in [-0.2, -0.15) is 0 Å². The summed E-state index contributed by atoms with van der Waals surface area (Å²) in [5.41, 5.74) is 2.14. The van der Waals surface area contributed by atoms with Crippen LogP contribution >= 0.6 is 0 Å². The normalized spacial score (nSPS) is 13.8. The van der Waals surface area contributed by atoms with E-state index in [2.05, 4.69) is 9.71 Å². The van der Waals surface area contributed by atoms with Gasteiger partial charge in [-0.15, -0.1) is 0 Å². The first-order chi connectivity index (χ1) is 14.4. The molecule has 0 atom stereocenters. The number of ether oxygens (including phenoxy) is 1. The summed E-state index contributed by atoms with van der Waals surface area (Å²) in [5.74, 6) is 1.00.